The van der Waals surface area contributed by atoms with E-state index in [0.29, 0.717) is 0 Å². The Labute approximate surface area is 59.0 Å². The number of halogens is 1. The van der Waals surface area contributed by atoms with Crippen LogP contribution in [0.2, 0.25) is 0 Å². The normalized spacial score (nSPS) is 7.00. The summed E-state index contributed by atoms with van der Waals surface area (Å²) in [5, 5.41) is 9.40. The summed E-state index contributed by atoms with van der Waals surface area (Å²) in [7, 11) is 0. The van der Waals surface area contributed by atoms with Gasteiger partial charge in [-0.05, 0) is 0 Å². The van der Waals surface area contributed by atoms with Gasteiger partial charge in [-0.3, -0.25) is 0 Å². The van der Waals surface area contributed by atoms with Crippen LogP contribution in [0.15, 0.2) is 0 Å². The Morgan fingerprint density at radius 2 is 2.14 bits per heavy atom. The molecule has 0 rings (SSSR count). The van der Waals surface area contributed by atoms with Crippen LogP contribution in [0.25, 0.3) is 0 Å². The van der Waals surface area contributed by atoms with Crippen molar-refractivity contribution in [3.63, 3.8) is 0 Å². The third-order valence-corrected chi connectivity index (χ3v) is 0.488. The molecule has 0 saturated carbocycles. The summed E-state index contributed by atoms with van der Waals surface area (Å²) in [5.74, 6) is -0.951. The van der Waals surface area contributed by atoms with Gasteiger partial charge in [-0.25, -0.2) is 0 Å². The molecule has 36 valence electrons. The van der Waals surface area contributed by atoms with Gasteiger partial charge in [-0.2, -0.15) is 0 Å². The number of alkyl halides is 1. The molecule has 0 aromatic rings. The number of hydrogen-bond acceptors (Lipinski definition) is 2. The van der Waals surface area contributed by atoms with Crippen molar-refractivity contribution in [2.75, 3.05) is 5.88 Å². The van der Waals surface area contributed by atoms with Crippen molar-refractivity contribution in [3.8, 4) is 0 Å². The first kappa shape index (κ1) is 10.4. The van der Waals surface area contributed by atoms with E-state index < -0.39 is 5.97 Å². The zero-order valence-electron chi connectivity index (χ0n) is 4.11. The average molecular weight is 114 g/mol. The maximum Gasteiger partial charge on any atom is 1.00 e. The molecule has 4 heteroatoms. The standard InChI is InChI=1S/C3H5ClO2.Li/c4-2-1-3(5)6;/h1-2H2,(H,5,6);/q;+1/p-1. The van der Waals surface area contributed by atoms with Gasteiger partial charge in [0.15, 0.2) is 0 Å². The summed E-state index contributed by atoms with van der Waals surface area (Å²) >= 11 is 4.98. The fourth-order valence-electron chi connectivity index (χ4n) is 0.0772. The molecule has 0 aliphatic rings. The van der Waals surface area contributed by atoms with E-state index in [4.69, 9.17) is 11.6 Å². The van der Waals surface area contributed by atoms with Crippen molar-refractivity contribution in [1.82, 2.24) is 0 Å². The zero-order chi connectivity index (χ0) is 4.99. The molecule has 0 spiro atoms. The van der Waals surface area contributed by atoms with Crippen molar-refractivity contribution in [3.05, 3.63) is 0 Å². The number of carboxylic acids is 1. The van der Waals surface area contributed by atoms with Crippen LogP contribution in [0, 0.1) is 0 Å². The minimum Gasteiger partial charge on any atom is -0.550 e. The number of rotatable bonds is 2. The predicted molar refractivity (Wildman–Crippen MR) is 20.3 cm³/mol. The van der Waals surface area contributed by atoms with Crippen molar-refractivity contribution in [2.45, 2.75) is 6.42 Å². The first-order valence-electron chi connectivity index (χ1n) is 1.53. The topological polar surface area (TPSA) is 40.1 Å². The van der Waals surface area contributed by atoms with E-state index in [0.717, 1.165) is 0 Å². The molecule has 0 N–H and O–H groups in total. The number of aliphatic carboxylic acids is 1. The van der Waals surface area contributed by atoms with Gasteiger partial charge in [0.2, 0.25) is 0 Å². The van der Waals surface area contributed by atoms with Crippen LogP contribution in [0.5, 0.6) is 0 Å². The first-order chi connectivity index (χ1) is 2.77. The third-order valence-electron chi connectivity index (χ3n) is 0.299. The van der Waals surface area contributed by atoms with Crippen LogP contribution in [0.4, 0.5) is 0 Å². The second-order valence-electron chi connectivity index (χ2n) is 0.811. The maximum atomic E-state index is 9.40. The monoisotopic (exact) mass is 114 g/mol. The Morgan fingerprint density at radius 1 is 1.71 bits per heavy atom. The molecule has 0 radical (unpaired) electrons. The van der Waals surface area contributed by atoms with E-state index in [1.807, 2.05) is 0 Å². The predicted octanol–water partition coefficient (Wildman–Crippen LogP) is -3.63. The van der Waals surface area contributed by atoms with Crippen LogP contribution in [0.3, 0.4) is 0 Å². The van der Waals surface area contributed by atoms with E-state index in [1.54, 1.807) is 0 Å². The second kappa shape index (κ2) is 6.36. The quantitative estimate of drug-likeness (QED) is 0.275. The molecule has 0 amide bonds. The van der Waals surface area contributed by atoms with Crippen LogP contribution in [-0.4, -0.2) is 11.8 Å². The van der Waals surface area contributed by atoms with Gasteiger partial charge in [0.25, 0.3) is 0 Å². The zero-order valence-corrected chi connectivity index (χ0v) is 4.86. The van der Waals surface area contributed by atoms with Crippen LogP contribution >= 0.6 is 11.6 Å². The molecule has 0 atom stereocenters. The summed E-state index contributed by atoms with van der Waals surface area (Å²) in [6, 6.07) is 0. The Balaban J connectivity index is 0. The van der Waals surface area contributed by atoms with Crippen LogP contribution < -0.4 is 24.0 Å². The maximum absolute atomic E-state index is 9.40. The molecule has 0 bridgehead atoms. The van der Waals surface area contributed by atoms with Gasteiger partial charge in [0.1, 0.15) is 0 Å². The minimum atomic E-state index is -1.09. The minimum absolute atomic E-state index is 0. The smallest absolute Gasteiger partial charge is 0.550 e. The number of carbonyl (C=O) groups excluding carboxylic acids is 1. The number of carbonyl (C=O) groups is 1. The fourth-order valence-corrected chi connectivity index (χ4v) is 0.231. The van der Waals surface area contributed by atoms with E-state index >= 15 is 0 Å². The molecule has 0 aliphatic heterocycles. The van der Waals surface area contributed by atoms with Crippen molar-refractivity contribution >= 4 is 17.6 Å². The molecule has 7 heavy (non-hydrogen) atoms. The van der Waals surface area contributed by atoms with Gasteiger partial charge in [-0.1, -0.05) is 0 Å². The van der Waals surface area contributed by atoms with Crippen molar-refractivity contribution < 1.29 is 28.8 Å². The molecule has 0 unspecified atom stereocenters. The fraction of sp³-hybridized carbons (Fsp3) is 0.667. The summed E-state index contributed by atoms with van der Waals surface area (Å²) < 4.78 is 0. The Bertz CT molecular complexity index is 56.9. The Kier molecular flexibility index (Phi) is 9.41. The van der Waals surface area contributed by atoms with Gasteiger partial charge < -0.3 is 9.90 Å². The van der Waals surface area contributed by atoms with Crippen LogP contribution in [0.1, 0.15) is 6.42 Å². The molecule has 0 saturated heterocycles. The van der Waals surface area contributed by atoms with E-state index in [1.165, 1.54) is 0 Å². The SMILES string of the molecule is O=C([O-])CCCl.[Li+]. The third kappa shape index (κ3) is 10.7. The van der Waals surface area contributed by atoms with E-state index in [2.05, 4.69) is 0 Å². The van der Waals surface area contributed by atoms with Gasteiger partial charge >= 0.3 is 18.9 Å². The van der Waals surface area contributed by atoms with Gasteiger partial charge in [0.05, 0.1) is 0 Å². The van der Waals surface area contributed by atoms with Gasteiger partial charge in [0, 0.05) is 18.3 Å². The molecule has 0 heterocycles. The van der Waals surface area contributed by atoms with E-state index in [-0.39, 0.29) is 31.2 Å². The average Bonchev–Trinajstić information content (AvgIpc) is 1.35. The largest absolute Gasteiger partial charge is 1.00 e. The molecule has 0 fully saturated rings. The second-order valence-corrected chi connectivity index (χ2v) is 1.19. The summed E-state index contributed by atoms with van der Waals surface area (Å²) in [5.41, 5.74) is 0. The Morgan fingerprint density at radius 3 is 2.14 bits per heavy atom. The number of hydrogen-bond donors (Lipinski definition) is 0. The first-order valence-corrected chi connectivity index (χ1v) is 2.06. The number of carboxylic acid groups (broad SMARTS) is 1. The molecular formula is C3H4ClLiO2. The molecule has 0 aromatic heterocycles. The molecular weight excluding hydrogens is 110 g/mol. The molecule has 0 aromatic carbocycles. The summed E-state index contributed by atoms with van der Waals surface area (Å²) in [4.78, 5) is 9.40. The summed E-state index contributed by atoms with van der Waals surface area (Å²) in [6.45, 7) is 0. The Hall–Kier alpha value is 0.357. The molecule has 0 aliphatic carbocycles. The van der Waals surface area contributed by atoms with Crippen molar-refractivity contribution in [1.29, 1.82) is 0 Å². The molecule has 2 nitrogen and oxygen atoms in total. The van der Waals surface area contributed by atoms with Crippen molar-refractivity contribution in [2.24, 2.45) is 0 Å². The van der Waals surface area contributed by atoms with E-state index in [9.17, 15) is 9.90 Å². The van der Waals surface area contributed by atoms with Crippen LogP contribution in [-0.2, 0) is 4.79 Å². The summed E-state index contributed by atoms with van der Waals surface area (Å²) in [6.07, 6.45) is -0.0540. The van der Waals surface area contributed by atoms with Gasteiger partial charge in [-0.15, -0.1) is 11.6 Å².